The van der Waals surface area contributed by atoms with Crippen molar-refractivity contribution in [1.82, 2.24) is 0 Å². The van der Waals surface area contributed by atoms with Crippen LogP contribution < -0.4 is 5.32 Å². The van der Waals surface area contributed by atoms with Gasteiger partial charge in [-0.25, -0.2) is 0 Å². The minimum absolute atomic E-state index is 0.117. The third-order valence-electron chi connectivity index (χ3n) is 3.05. The maximum absolute atomic E-state index is 9.10. The average Bonchev–Trinajstić information content (AvgIpc) is 2.39. The lowest BCUT2D eigenvalue weighted by atomic mass is 10.1. The smallest absolute Gasteiger partial charge is 0.101 e. The van der Waals surface area contributed by atoms with E-state index in [0.717, 1.165) is 5.69 Å². The summed E-state index contributed by atoms with van der Waals surface area (Å²) in [5.41, 5.74) is 3.78. The lowest BCUT2D eigenvalue weighted by molar-refractivity contribution is 0.883. The summed E-state index contributed by atoms with van der Waals surface area (Å²) in [7, 11) is 0. The van der Waals surface area contributed by atoms with Crippen LogP contribution in [0.5, 0.6) is 0 Å². The zero-order valence-corrected chi connectivity index (χ0v) is 11.7. The second-order valence-corrected chi connectivity index (χ2v) is 5.01. The molecule has 19 heavy (non-hydrogen) atoms. The van der Waals surface area contributed by atoms with Gasteiger partial charge in [0.05, 0.1) is 11.3 Å². The molecule has 0 saturated heterocycles. The molecule has 0 radical (unpaired) electrons. The molecule has 0 aliphatic heterocycles. The van der Waals surface area contributed by atoms with Crippen LogP contribution in [0.1, 0.15) is 29.7 Å². The Labute approximate surface area is 118 Å². The number of rotatable bonds is 3. The maximum Gasteiger partial charge on any atom is 0.101 e. The molecule has 0 spiro atoms. The highest BCUT2D eigenvalue weighted by Crippen LogP contribution is 2.25. The first-order valence-electron chi connectivity index (χ1n) is 6.13. The van der Waals surface area contributed by atoms with E-state index in [1.807, 2.05) is 0 Å². The Bertz CT molecular complexity index is 612. The lowest BCUT2D eigenvalue weighted by Gasteiger charge is -2.17. The van der Waals surface area contributed by atoms with Gasteiger partial charge in [0, 0.05) is 11.1 Å². The number of benzene rings is 2. The summed E-state index contributed by atoms with van der Waals surface area (Å²) >= 11 is 5.97. The number of hydrogen-bond donors (Lipinski definition) is 1. The zero-order valence-electron chi connectivity index (χ0n) is 10.9. The molecule has 1 unspecified atom stereocenters. The molecule has 2 aromatic carbocycles. The second-order valence-electron chi connectivity index (χ2n) is 4.58. The van der Waals surface area contributed by atoms with Gasteiger partial charge in [0.1, 0.15) is 6.07 Å². The molecule has 2 nitrogen and oxygen atoms in total. The normalized spacial score (nSPS) is 11.7. The third kappa shape index (κ3) is 3.27. The Morgan fingerprint density at radius 2 is 1.84 bits per heavy atom. The summed E-state index contributed by atoms with van der Waals surface area (Å²) < 4.78 is 0. The van der Waals surface area contributed by atoms with E-state index in [-0.39, 0.29) is 6.04 Å². The first-order chi connectivity index (χ1) is 9.10. The van der Waals surface area contributed by atoms with E-state index >= 15 is 0 Å². The molecule has 0 fully saturated rings. The molecule has 0 aliphatic carbocycles. The van der Waals surface area contributed by atoms with Crippen LogP contribution in [0.3, 0.4) is 0 Å². The van der Waals surface area contributed by atoms with Crippen LogP contribution in [0.4, 0.5) is 5.69 Å². The number of halogens is 1. The summed E-state index contributed by atoms with van der Waals surface area (Å²) in [6, 6.07) is 15.9. The lowest BCUT2D eigenvalue weighted by Crippen LogP contribution is -2.07. The highest BCUT2D eigenvalue weighted by molar-refractivity contribution is 6.30. The summed E-state index contributed by atoms with van der Waals surface area (Å²) in [5.74, 6) is 0. The molecule has 2 rings (SSSR count). The quantitative estimate of drug-likeness (QED) is 0.878. The van der Waals surface area contributed by atoms with Crippen molar-refractivity contribution in [3.05, 3.63) is 64.2 Å². The van der Waals surface area contributed by atoms with Crippen LogP contribution in [-0.2, 0) is 0 Å². The Hall–Kier alpha value is -1.98. The highest BCUT2D eigenvalue weighted by atomic mass is 35.5. The molecule has 3 heteroatoms. The van der Waals surface area contributed by atoms with E-state index in [0.29, 0.717) is 10.6 Å². The fourth-order valence-electron chi connectivity index (χ4n) is 1.91. The number of anilines is 1. The summed E-state index contributed by atoms with van der Waals surface area (Å²) in [5, 5.41) is 13.0. The molecule has 1 N–H and O–H groups in total. The van der Waals surface area contributed by atoms with Crippen LogP contribution >= 0.6 is 11.6 Å². The minimum Gasteiger partial charge on any atom is -0.377 e. The molecule has 0 bridgehead atoms. The van der Waals surface area contributed by atoms with E-state index in [9.17, 15) is 0 Å². The van der Waals surface area contributed by atoms with Gasteiger partial charge >= 0.3 is 0 Å². The van der Waals surface area contributed by atoms with Gasteiger partial charge in [-0.1, -0.05) is 41.4 Å². The Balaban J connectivity index is 2.23. The molecular formula is C16H15ClN2. The molecule has 0 saturated carbocycles. The van der Waals surface area contributed by atoms with Crippen LogP contribution in [0.15, 0.2) is 42.5 Å². The predicted octanol–water partition coefficient (Wildman–Crippen LogP) is 4.69. The van der Waals surface area contributed by atoms with Gasteiger partial charge in [-0.2, -0.15) is 5.26 Å². The van der Waals surface area contributed by atoms with Gasteiger partial charge in [0.25, 0.3) is 0 Å². The number of hydrogen-bond acceptors (Lipinski definition) is 2. The monoisotopic (exact) mass is 270 g/mol. The molecule has 2 aromatic rings. The molecule has 96 valence electrons. The van der Waals surface area contributed by atoms with E-state index < -0.39 is 0 Å². The molecule has 0 aliphatic rings. The number of nitrogens with zero attached hydrogens (tertiary/aromatic N) is 1. The number of aryl methyl sites for hydroxylation is 1. The average molecular weight is 271 g/mol. The van der Waals surface area contributed by atoms with E-state index in [2.05, 4.69) is 49.5 Å². The second kappa shape index (κ2) is 5.77. The fraction of sp³-hybridized carbons (Fsp3) is 0.188. The molecule has 0 amide bonds. The highest BCUT2D eigenvalue weighted by Gasteiger charge is 2.08. The van der Waals surface area contributed by atoms with Crippen molar-refractivity contribution in [2.45, 2.75) is 19.9 Å². The fourth-order valence-corrected chi connectivity index (χ4v) is 2.08. The van der Waals surface area contributed by atoms with Crippen molar-refractivity contribution in [2.24, 2.45) is 0 Å². The maximum atomic E-state index is 9.10. The summed E-state index contributed by atoms with van der Waals surface area (Å²) in [6.07, 6.45) is 0. The largest absolute Gasteiger partial charge is 0.377 e. The third-order valence-corrected chi connectivity index (χ3v) is 3.29. The topological polar surface area (TPSA) is 35.8 Å². The standard InChI is InChI=1S/C16H15ClN2/c1-11-3-5-13(6-4-11)12(2)19-16-9-15(17)8-7-14(16)10-18/h3-9,12,19H,1-2H3. The van der Waals surface area contributed by atoms with Gasteiger partial charge in [-0.05, 0) is 37.6 Å². The first-order valence-corrected chi connectivity index (χ1v) is 6.50. The summed E-state index contributed by atoms with van der Waals surface area (Å²) in [6.45, 7) is 4.12. The SMILES string of the molecule is Cc1ccc(C(C)Nc2cc(Cl)ccc2C#N)cc1. The van der Waals surface area contributed by atoms with Crippen molar-refractivity contribution in [3.8, 4) is 6.07 Å². The van der Waals surface area contributed by atoms with Gasteiger partial charge < -0.3 is 5.32 Å². The number of nitriles is 1. The van der Waals surface area contributed by atoms with Crippen LogP contribution in [0.2, 0.25) is 5.02 Å². The van der Waals surface area contributed by atoms with Crippen LogP contribution in [0.25, 0.3) is 0 Å². The first kappa shape index (κ1) is 13.5. The van der Waals surface area contributed by atoms with Gasteiger partial charge in [-0.15, -0.1) is 0 Å². The van der Waals surface area contributed by atoms with Gasteiger partial charge in [-0.3, -0.25) is 0 Å². The van der Waals surface area contributed by atoms with Crippen molar-refractivity contribution >= 4 is 17.3 Å². The van der Waals surface area contributed by atoms with Crippen molar-refractivity contribution in [1.29, 1.82) is 5.26 Å². The predicted molar refractivity (Wildman–Crippen MR) is 79.4 cm³/mol. The number of nitrogens with one attached hydrogen (secondary N) is 1. The molecule has 0 heterocycles. The molecule has 0 aromatic heterocycles. The minimum atomic E-state index is 0.117. The Kier molecular flexibility index (Phi) is 4.09. The van der Waals surface area contributed by atoms with Gasteiger partial charge in [0.15, 0.2) is 0 Å². The van der Waals surface area contributed by atoms with Crippen molar-refractivity contribution < 1.29 is 0 Å². The van der Waals surface area contributed by atoms with Crippen LogP contribution in [-0.4, -0.2) is 0 Å². The summed E-state index contributed by atoms with van der Waals surface area (Å²) in [4.78, 5) is 0. The van der Waals surface area contributed by atoms with E-state index in [1.165, 1.54) is 11.1 Å². The Morgan fingerprint density at radius 3 is 2.47 bits per heavy atom. The molecule has 1 atom stereocenters. The van der Waals surface area contributed by atoms with Gasteiger partial charge in [0.2, 0.25) is 0 Å². The molecular weight excluding hydrogens is 256 g/mol. The van der Waals surface area contributed by atoms with Crippen molar-refractivity contribution in [2.75, 3.05) is 5.32 Å². The van der Waals surface area contributed by atoms with Crippen molar-refractivity contribution in [3.63, 3.8) is 0 Å². The van der Waals surface area contributed by atoms with Crippen LogP contribution in [0, 0.1) is 18.3 Å². The zero-order chi connectivity index (χ0) is 13.8. The van der Waals surface area contributed by atoms with E-state index in [4.69, 9.17) is 16.9 Å². The Morgan fingerprint density at radius 1 is 1.16 bits per heavy atom. The van der Waals surface area contributed by atoms with E-state index in [1.54, 1.807) is 18.2 Å².